The van der Waals surface area contributed by atoms with E-state index < -0.39 is 6.43 Å². The van der Waals surface area contributed by atoms with Crippen LogP contribution in [0.3, 0.4) is 0 Å². The molecule has 0 spiro atoms. The van der Waals surface area contributed by atoms with E-state index in [0.717, 1.165) is 29.4 Å². The van der Waals surface area contributed by atoms with Gasteiger partial charge in [0.05, 0.1) is 6.54 Å². The second-order valence-electron chi connectivity index (χ2n) is 6.45. The molecule has 0 radical (unpaired) electrons. The summed E-state index contributed by atoms with van der Waals surface area (Å²) in [5.74, 6) is 1.55. The number of likely N-dealkylation sites (tertiary alicyclic amines) is 1. The number of nitrogens with one attached hydrogen (secondary N) is 1. The van der Waals surface area contributed by atoms with Gasteiger partial charge in [0.1, 0.15) is 5.65 Å². The van der Waals surface area contributed by atoms with E-state index in [4.69, 9.17) is 4.52 Å². The first-order chi connectivity index (χ1) is 12.2. The van der Waals surface area contributed by atoms with E-state index in [0.29, 0.717) is 37.1 Å². The molecule has 4 rings (SSSR count). The lowest BCUT2D eigenvalue weighted by molar-refractivity contribution is 0.0681. The van der Waals surface area contributed by atoms with E-state index in [-0.39, 0.29) is 6.54 Å². The molecule has 6 nitrogen and oxygen atoms in total. The van der Waals surface area contributed by atoms with Gasteiger partial charge in [-0.1, -0.05) is 5.16 Å². The molecule has 0 aromatic carbocycles. The standard InChI is InChI=1S/C17H19F2N5O/c18-14(19)10-24-7-3-11(4-8-24)9-15-22-17(23-25-15)13-2-6-21-16-12(13)1-5-20-16/h1-2,5-6,11,14H,3-4,7-10H2,(H,20,21). The van der Waals surface area contributed by atoms with Crippen LogP contribution in [0.25, 0.3) is 22.4 Å². The lowest BCUT2D eigenvalue weighted by atomic mass is 9.93. The highest BCUT2D eigenvalue weighted by molar-refractivity contribution is 5.90. The smallest absolute Gasteiger partial charge is 0.251 e. The van der Waals surface area contributed by atoms with Gasteiger partial charge in [-0.25, -0.2) is 13.8 Å². The summed E-state index contributed by atoms with van der Waals surface area (Å²) >= 11 is 0. The number of fused-ring (bicyclic) bond motifs is 1. The van der Waals surface area contributed by atoms with Gasteiger partial charge in [-0.2, -0.15) is 4.98 Å². The fourth-order valence-corrected chi connectivity index (χ4v) is 3.42. The van der Waals surface area contributed by atoms with Gasteiger partial charge in [-0.05, 0) is 44.0 Å². The molecule has 1 aliphatic rings. The van der Waals surface area contributed by atoms with E-state index in [1.807, 2.05) is 23.2 Å². The number of alkyl halides is 2. The van der Waals surface area contributed by atoms with Gasteiger partial charge in [-0.15, -0.1) is 0 Å². The monoisotopic (exact) mass is 347 g/mol. The van der Waals surface area contributed by atoms with Crippen molar-refractivity contribution in [2.75, 3.05) is 19.6 Å². The van der Waals surface area contributed by atoms with Crippen molar-refractivity contribution in [2.24, 2.45) is 5.92 Å². The summed E-state index contributed by atoms with van der Waals surface area (Å²) < 4.78 is 30.3. The molecular formula is C17H19F2N5O. The molecule has 1 N–H and O–H groups in total. The van der Waals surface area contributed by atoms with Crippen LogP contribution in [0.2, 0.25) is 0 Å². The molecule has 0 bridgehead atoms. The molecule has 25 heavy (non-hydrogen) atoms. The number of hydrogen-bond acceptors (Lipinski definition) is 5. The second-order valence-corrected chi connectivity index (χ2v) is 6.45. The zero-order valence-electron chi connectivity index (χ0n) is 13.7. The number of nitrogens with zero attached hydrogens (tertiary/aromatic N) is 4. The largest absolute Gasteiger partial charge is 0.346 e. The Morgan fingerprint density at radius 3 is 2.92 bits per heavy atom. The number of aromatic amines is 1. The predicted octanol–water partition coefficient (Wildman–Crippen LogP) is 3.13. The van der Waals surface area contributed by atoms with E-state index in [9.17, 15) is 8.78 Å². The Morgan fingerprint density at radius 2 is 2.12 bits per heavy atom. The van der Waals surface area contributed by atoms with Crippen molar-refractivity contribution in [1.82, 2.24) is 25.0 Å². The number of halogens is 2. The molecule has 1 aliphatic heterocycles. The van der Waals surface area contributed by atoms with Crippen LogP contribution in [0, 0.1) is 5.92 Å². The third-order valence-electron chi connectivity index (χ3n) is 4.74. The Balaban J connectivity index is 1.42. The van der Waals surface area contributed by atoms with Crippen molar-refractivity contribution in [2.45, 2.75) is 25.7 Å². The van der Waals surface area contributed by atoms with Gasteiger partial charge in [0.2, 0.25) is 11.7 Å². The Bertz CT molecular complexity index is 838. The number of pyridine rings is 1. The van der Waals surface area contributed by atoms with E-state index in [2.05, 4.69) is 20.1 Å². The van der Waals surface area contributed by atoms with Gasteiger partial charge < -0.3 is 9.51 Å². The maximum atomic E-state index is 12.4. The zero-order chi connectivity index (χ0) is 17.2. The highest BCUT2D eigenvalue weighted by Gasteiger charge is 2.23. The minimum atomic E-state index is -2.26. The van der Waals surface area contributed by atoms with Gasteiger partial charge in [0, 0.05) is 29.8 Å². The van der Waals surface area contributed by atoms with Gasteiger partial charge in [0.25, 0.3) is 6.43 Å². The molecule has 1 saturated heterocycles. The second kappa shape index (κ2) is 6.87. The van der Waals surface area contributed by atoms with Crippen molar-refractivity contribution >= 4 is 11.0 Å². The zero-order valence-corrected chi connectivity index (χ0v) is 13.7. The summed E-state index contributed by atoms with van der Waals surface area (Å²) in [5.41, 5.74) is 1.67. The van der Waals surface area contributed by atoms with Crippen LogP contribution in [-0.2, 0) is 6.42 Å². The Morgan fingerprint density at radius 1 is 1.28 bits per heavy atom. The molecule has 4 heterocycles. The molecule has 0 aliphatic carbocycles. The lowest BCUT2D eigenvalue weighted by Crippen LogP contribution is -2.37. The SMILES string of the molecule is FC(F)CN1CCC(Cc2nc(-c3ccnc4[nH]ccc34)no2)CC1. The molecular weight excluding hydrogens is 328 g/mol. The van der Waals surface area contributed by atoms with Gasteiger partial charge >= 0.3 is 0 Å². The third-order valence-corrected chi connectivity index (χ3v) is 4.74. The van der Waals surface area contributed by atoms with E-state index >= 15 is 0 Å². The molecule has 8 heteroatoms. The van der Waals surface area contributed by atoms with Crippen LogP contribution < -0.4 is 0 Å². The number of hydrogen-bond donors (Lipinski definition) is 1. The van der Waals surface area contributed by atoms with Crippen molar-refractivity contribution < 1.29 is 13.3 Å². The summed E-state index contributed by atoms with van der Waals surface area (Å²) in [5, 5.41) is 5.05. The first-order valence-corrected chi connectivity index (χ1v) is 8.44. The average molecular weight is 347 g/mol. The van der Waals surface area contributed by atoms with Crippen LogP contribution in [0.15, 0.2) is 29.0 Å². The first-order valence-electron chi connectivity index (χ1n) is 8.44. The summed E-state index contributed by atoms with van der Waals surface area (Å²) in [6.45, 7) is 1.26. The Hall–Kier alpha value is -2.35. The minimum absolute atomic E-state index is 0.133. The highest BCUT2D eigenvalue weighted by Crippen LogP contribution is 2.26. The van der Waals surface area contributed by atoms with Crippen LogP contribution in [-0.4, -0.2) is 51.1 Å². The number of aromatic nitrogens is 4. The fraction of sp³-hybridized carbons (Fsp3) is 0.471. The van der Waals surface area contributed by atoms with Gasteiger partial charge in [-0.3, -0.25) is 4.90 Å². The van der Waals surface area contributed by atoms with Crippen LogP contribution in [0.5, 0.6) is 0 Å². The van der Waals surface area contributed by atoms with E-state index in [1.165, 1.54) is 0 Å². The van der Waals surface area contributed by atoms with Crippen LogP contribution in [0.4, 0.5) is 8.78 Å². The number of rotatable bonds is 5. The Labute approximate surface area is 143 Å². The first kappa shape index (κ1) is 16.1. The van der Waals surface area contributed by atoms with Crippen molar-refractivity contribution in [1.29, 1.82) is 0 Å². The maximum Gasteiger partial charge on any atom is 0.251 e. The summed E-state index contributed by atoms with van der Waals surface area (Å²) in [7, 11) is 0. The molecule has 132 valence electrons. The Kier molecular flexibility index (Phi) is 4.44. The predicted molar refractivity (Wildman–Crippen MR) is 88.3 cm³/mol. The fourth-order valence-electron chi connectivity index (χ4n) is 3.42. The summed E-state index contributed by atoms with van der Waals surface area (Å²) in [4.78, 5) is 13.7. The van der Waals surface area contributed by atoms with Crippen molar-refractivity contribution in [3.63, 3.8) is 0 Å². The number of H-pyrrole nitrogens is 1. The number of piperidine rings is 1. The molecule has 0 amide bonds. The molecule has 0 saturated carbocycles. The molecule has 0 atom stereocenters. The molecule has 0 unspecified atom stereocenters. The van der Waals surface area contributed by atoms with Crippen LogP contribution >= 0.6 is 0 Å². The molecule has 1 fully saturated rings. The minimum Gasteiger partial charge on any atom is -0.346 e. The maximum absolute atomic E-state index is 12.4. The van der Waals surface area contributed by atoms with Crippen molar-refractivity contribution in [3.8, 4) is 11.4 Å². The molecule has 3 aromatic heterocycles. The lowest BCUT2D eigenvalue weighted by Gasteiger charge is -2.30. The van der Waals surface area contributed by atoms with Gasteiger partial charge in [0.15, 0.2) is 0 Å². The van der Waals surface area contributed by atoms with E-state index in [1.54, 1.807) is 6.20 Å². The quantitative estimate of drug-likeness (QED) is 0.768. The summed E-state index contributed by atoms with van der Waals surface area (Å²) in [6, 6.07) is 3.81. The topological polar surface area (TPSA) is 70.8 Å². The highest BCUT2D eigenvalue weighted by atomic mass is 19.3. The third kappa shape index (κ3) is 3.53. The van der Waals surface area contributed by atoms with Crippen LogP contribution in [0.1, 0.15) is 18.7 Å². The molecule has 3 aromatic rings. The normalized spacial score (nSPS) is 16.9. The summed E-state index contributed by atoms with van der Waals surface area (Å²) in [6.07, 6.45) is 3.72. The average Bonchev–Trinajstić information content (AvgIpc) is 3.25. The van der Waals surface area contributed by atoms with Crippen molar-refractivity contribution in [3.05, 3.63) is 30.4 Å².